The zero-order valence-corrected chi connectivity index (χ0v) is 10.3. The summed E-state index contributed by atoms with van der Waals surface area (Å²) in [5.74, 6) is -1.09. The Morgan fingerprint density at radius 2 is 2.35 bits per heavy atom. The van der Waals surface area contributed by atoms with E-state index in [4.69, 9.17) is 5.11 Å². The molecular formula is C11H11N5O4. The molecule has 2 rings (SSSR count). The number of carboxylic acids is 1. The number of nitrogens with zero attached hydrogens (tertiary/aromatic N) is 4. The highest BCUT2D eigenvalue weighted by atomic mass is 16.6. The third-order valence-electron chi connectivity index (χ3n) is 2.55. The molecule has 0 unspecified atom stereocenters. The Morgan fingerprint density at radius 3 is 2.95 bits per heavy atom. The van der Waals surface area contributed by atoms with Crippen LogP contribution in [0.25, 0.3) is 0 Å². The van der Waals surface area contributed by atoms with E-state index in [0.29, 0.717) is 13.1 Å². The fourth-order valence-corrected chi connectivity index (χ4v) is 1.59. The number of carbonyl (C=O) groups is 1. The van der Waals surface area contributed by atoms with Gasteiger partial charge in [0.05, 0.1) is 11.3 Å². The van der Waals surface area contributed by atoms with E-state index in [1.54, 1.807) is 18.7 Å². The van der Waals surface area contributed by atoms with E-state index in [-0.39, 0.29) is 5.82 Å². The number of nitrogens with one attached hydrogen (secondary N) is 1. The molecule has 9 nitrogen and oxygen atoms in total. The molecule has 2 N–H and O–H groups in total. The monoisotopic (exact) mass is 277 g/mol. The van der Waals surface area contributed by atoms with Gasteiger partial charge < -0.3 is 15.0 Å². The molecule has 0 saturated heterocycles. The molecule has 2 aromatic rings. The van der Waals surface area contributed by atoms with Crippen LogP contribution in [0.15, 0.2) is 31.0 Å². The molecule has 0 atom stereocenters. The molecule has 0 aliphatic carbocycles. The average molecular weight is 277 g/mol. The summed E-state index contributed by atoms with van der Waals surface area (Å²) < 4.78 is 1.83. The second-order valence-electron chi connectivity index (χ2n) is 3.88. The molecule has 0 aliphatic heterocycles. The topological polar surface area (TPSA) is 123 Å². The normalized spacial score (nSPS) is 10.2. The number of aromatic carboxylic acids is 1. The summed E-state index contributed by atoms with van der Waals surface area (Å²) in [4.78, 5) is 28.6. The highest BCUT2D eigenvalue weighted by Gasteiger charge is 2.20. The number of imidazole rings is 1. The maximum absolute atomic E-state index is 11.0. The second-order valence-corrected chi connectivity index (χ2v) is 3.88. The molecule has 0 saturated carbocycles. The first-order valence-electron chi connectivity index (χ1n) is 5.65. The van der Waals surface area contributed by atoms with E-state index in [0.717, 1.165) is 12.3 Å². The van der Waals surface area contributed by atoms with E-state index in [1.165, 1.54) is 0 Å². The number of nitro groups is 1. The van der Waals surface area contributed by atoms with Crippen molar-refractivity contribution >= 4 is 17.5 Å². The summed E-state index contributed by atoms with van der Waals surface area (Å²) in [6, 6.07) is 1.15. The van der Waals surface area contributed by atoms with Crippen molar-refractivity contribution in [3.05, 3.63) is 46.7 Å². The van der Waals surface area contributed by atoms with Crippen molar-refractivity contribution in [1.29, 1.82) is 0 Å². The van der Waals surface area contributed by atoms with Gasteiger partial charge in [0.25, 0.3) is 0 Å². The van der Waals surface area contributed by atoms with Crippen LogP contribution in [0.4, 0.5) is 11.5 Å². The van der Waals surface area contributed by atoms with E-state index in [9.17, 15) is 14.9 Å². The van der Waals surface area contributed by atoms with E-state index in [1.807, 2.05) is 4.57 Å². The van der Waals surface area contributed by atoms with Crippen LogP contribution < -0.4 is 5.32 Å². The smallest absolute Gasteiger partial charge is 0.342 e. The summed E-state index contributed by atoms with van der Waals surface area (Å²) in [6.07, 6.45) is 6.01. The van der Waals surface area contributed by atoms with Gasteiger partial charge in [-0.05, 0) is 0 Å². The Bertz CT molecular complexity index is 626. The van der Waals surface area contributed by atoms with Crippen LogP contribution >= 0.6 is 0 Å². The Morgan fingerprint density at radius 1 is 1.55 bits per heavy atom. The minimum Gasteiger partial charge on any atom is -0.477 e. The lowest BCUT2D eigenvalue weighted by Crippen LogP contribution is -2.11. The molecule has 0 amide bonds. The number of anilines is 1. The number of hydrogen-bond donors (Lipinski definition) is 2. The molecule has 0 fully saturated rings. The molecule has 0 aromatic carbocycles. The molecule has 20 heavy (non-hydrogen) atoms. The zero-order valence-electron chi connectivity index (χ0n) is 10.3. The van der Waals surface area contributed by atoms with Crippen LogP contribution in [0.2, 0.25) is 0 Å². The van der Waals surface area contributed by atoms with Crippen molar-refractivity contribution in [3.63, 3.8) is 0 Å². The SMILES string of the molecule is O=C(O)c1cc(NCCn2ccnc2)ncc1[N+](=O)[O-]. The first-order valence-corrected chi connectivity index (χ1v) is 5.65. The van der Waals surface area contributed by atoms with E-state index < -0.39 is 22.1 Å². The van der Waals surface area contributed by atoms with Crippen LogP contribution in [0.3, 0.4) is 0 Å². The van der Waals surface area contributed by atoms with Crippen molar-refractivity contribution in [2.75, 3.05) is 11.9 Å². The predicted molar refractivity (Wildman–Crippen MR) is 68.6 cm³/mol. The Balaban J connectivity index is 2.07. The summed E-state index contributed by atoms with van der Waals surface area (Å²) in [6.45, 7) is 1.10. The number of pyridine rings is 1. The summed E-state index contributed by atoms with van der Waals surface area (Å²) in [5, 5.41) is 22.5. The van der Waals surface area contributed by atoms with Crippen LogP contribution in [0, 0.1) is 10.1 Å². The van der Waals surface area contributed by atoms with Gasteiger partial charge in [0.2, 0.25) is 0 Å². The van der Waals surface area contributed by atoms with Crippen molar-refractivity contribution in [2.45, 2.75) is 6.54 Å². The van der Waals surface area contributed by atoms with Crippen molar-refractivity contribution in [3.8, 4) is 0 Å². The van der Waals surface area contributed by atoms with Gasteiger partial charge in [-0.15, -0.1) is 0 Å². The molecule has 0 spiro atoms. The summed E-state index contributed by atoms with van der Waals surface area (Å²) in [7, 11) is 0. The third-order valence-corrected chi connectivity index (χ3v) is 2.55. The quantitative estimate of drug-likeness (QED) is 0.596. The van der Waals surface area contributed by atoms with Gasteiger partial charge in [0.15, 0.2) is 0 Å². The Kier molecular flexibility index (Phi) is 3.89. The Hall–Kier alpha value is -2.97. The molecule has 0 bridgehead atoms. The van der Waals surface area contributed by atoms with E-state index in [2.05, 4.69) is 15.3 Å². The van der Waals surface area contributed by atoms with Gasteiger partial charge in [0, 0.05) is 31.5 Å². The van der Waals surface area contributed by atoms with Gasteiger partial charge in [0.1, 0.15) is 17.6 Å². The van der Waals surface area contributed by atoms with Crippen molar-refractivity contribution < 1.29 is 14.8 Å². The highest BCUT2D eigenvalue weighted by molar-refractivity contribution is 5.93. The predicted octanol–water partition coefficient (Wildman–Crippen LogP) is 0.997. The zero-order chi connectivity index (χ0) is 14.5. The van der Waals surface area contributed by atoms with Gasteiger partial charge >= 0.3 is 11.7 Å². The lowest BCUT2D eigenvalue weighted by atomic mass is 10.2. The number of hydrogen-bond acceptors (Lipinski definition) is 6. The molecule has 2 heterocycles. The molecule has 9 heteroatoms. The standard InChI is InChI=1S/C11H11N5O4/c17-11(18)8-5-10(14-6-9(8)16(19)20)13-2-4-15-3-1-12-7-15/h1,3,5-7H,2,4H2,(H,13,14)(H,17,18). The number of aromatic nitrogens is 3. The first kappa shape index (κ1) is 13.5. The molecule has 0 aliphatic rings. The molecule has 0 radical (unpaired) electrons. The van der Waals surface area contributed by atoms with Crippen molar-refractivity contribution in [1.82, 2.24) is 14.5 Å². The summed E-state index contributed by atoms with van der Waals surface area (Å²) >= 11 is 0. The molecular weight excluding hydrogens is 266 g/mol. The van der Waals surface area contributed by atoms with Crippen LogP contribution in [-0.4, -0.2) is 37.1 Å². The lowest BCUT2D eigenvalue weighted by molar-refractivity contribution is -0.385. The van der Waals surface area contributed by atoms with Crippen molar-refractivity contribution in [2.24, 2.45) is 0 Å². The molecule has 104 valence electrons. The van der Waals surface area contributed by atoms with Crippen LogP contribution in [0.1, 0.15) is 10.4 Å². The Labute approximate surface area is 113 Å². The van der Waals surface area contributed by atoms with Gasteiger partial charge in [-0.2, -0.15) is 0 Å². The largest absolute Gasteiger partial charge is 0.477 e. The van der Waals surface area contributed by atoms with Crippen LogP contribution in [0.5, 0.6) is 0 Å². The number of carboxylic acid groups (broad SMARTS) is 1. The molecule has 2 aromatic heterocycles. The maximum atomic E-state index is 11.0. The van der Waals surface area contributed by atoms with Gasteiger partial charge in [-0.1, -0.05) is 0 Å². The minimum absolute atomic E-state index is 0.271. The van der Waals surface area contributed by atoms with Gasteiger partial charge in [-0.25, -0.2) is 14.8 Å². The second kappa shape index (κ2) is 5.78. The highest BCUT2D eigenvalue weighted by Crippen LogP contribution is 2.20. The lowest BCUT2D eigenvalue weighted by Gasteiger charge is -2.07. The maximum Gasteiger partial charge on any atom is 0.342 e. The van der Waals surface area contributed by atoms with Crippen LogP contribution in [-0.2, 0) is 6.54 Å². The first-order chi connectivity index (χ1) is 9.58. The fourth-order valence-electron chi connectivity index (χ4n) is 1.59. The number of rotatable bonds is 6. The summed E-state index contributed by atoms with van der Waals surface area (Å²) in [5.41, 5.74) is -0.923. The minimum atomic E-state index is -1.36. The van der Waals surface area contributed by atoms with E-state index >= 15 is 0 Å². The fraction of sp³-hybridized carbons (Fsp3) is 0.182. The average Bonchev–Trinajstić information content (AvgIpc) is 2.91. The van der Waals surface area contributed by atoms with Gasteiger partial charge in [-0.3, -0.25) is 10.1 Å². The third kappa shape index (κ3) is 3.07.